The number of ketones is 1. The topological polar surface area (TPSA) is 63.6 Å². The van der Waals surface area contributed by atoms with Crippen molar-refractivity contribution in [3.63, 3.8) is 0 Å². The van der Waals surface area contributed by atoms with Gasteiger partial charge in [0.15, 0.2) is 5.78 Å². The van der Waals surface area contributed by atoms with Crippen molar-refractivity contribution in [1.29, 1.82) is 0 Å². The normalized spacial score (nSPS) is 11.7. The SMILES string of the molecule is CCC(C(=O)OC)c1ccccc1C(=O)c1ccc(O)cc1. The second-order valence-corrected chi connectivity index (χ2v) is 4.95. The van der Waals surface area contributed by atoms with Crippen molar-refractivity contribution >= 4 is 11.8 Å². The zero-order valence-corrected chi connectivity index (χ0v) is 12.6. The third kappa shape index (κ3) is 3.17. The van der Waals surface area contributed by atoms with Crippen LogP contribution in [0, 0.1) is 0 Å². The third-order valence-electron chi connectivity index (χ3n) is 3.60. The second-order valence-electron chi connectivity index (χ2n) is 4.95. The number of carbonyl (C=O) groups excluding carboxylic acids is 2. The van der Waals surface area contributed by atoms with E-state index < -0.39 is 5.92 Å². The average Bonchev–Trinajstić information content (AvgIpc) is 2.56. The van der Waals surface area contributed by atoms with Crippen molar-refractivity contribution < 1.29 is 19.4 Å². The number of aromatic hydroxyl groups is 1. The number of phenolic OH excluding ortho intramolecular Hbond substituents is 1. The minimum Gasteiger partial charge on any atom is -0.508 e. The number of phenols is 1. The first kappa shape index (κ1) is 15.8. The molecule has 114 valence electrons. The van der Waals surface area contributed by atoms with Gasteiger partial charge in [0.05, 0.1) is 13.0 Å². The molecule has 0 fully saturated rings. The van der Waals surface area contributed by atoms with Crippen molar-refractivity contribution in [2.75, 3.05) is 7.11 Å². The van der Waals surface area contributed by atoms with Crippen molar-refractivity contribution in [1.82, 2.24) is 0 Å². The molecule has 0 saturated heterocycles. The molecule has 0 aliphatic heterocycles. The summed E-state index contributed by atoms with van der Waals surface area (Å²) >= 11 is 0. The Hall–Kier alpha value is -2.62. The van der Waals surface area contributed by atoms with Gasteiger partial charge >= 0.3 is 5.97 Å². The van der Waals surface area contributed by atoms with E-state index in [0.29, 0.717) is 23.1 Å². The van der Waals surface area contributed by atoms with Gasteiger partial charge in [0, 0.05) is 11.1 Å². The first-order valence-electron chi connectivity index (χ1n) is 7.09. The van der Waals surface area contributed by atoms with Gasteiger partial charge in [-0.25, -0.2) is 0 Å². The maximum atomic E-state index is 12.7. The molecule has 0 saturated carbocycles. The summed E-state index contributed by atoms with van der Waals surface area (Å²) in [5.74, 6) is -0.903. The van der Waals surface area contributed by atoms with Crippen LogP contribution in [-0.2, 0) is 9.53 Å². The molecule has 0 amide bonds. The molecule has 2 aromatic rings. The van der Waals surface area contributed by atoms with Gasteiger partial charge in [-0.05, 0) is 36.2 Å². The number of hydrogen-bond acceptors (Lipinski definition) is 4. The highest BCUT2D eigenvalue weighted by Gasteiger charge is 2.24. The maximum Gasteiger partial charge on any atom is 0.313 e. The summed E-state index contributed by atoms with van der Waals surface area (Å²) in [7, 11) is 1.34. The van der Waals surface area contributed by atoms with Crippen molar-refractivity contribution in [3.8, 4) is 5.75 Å². The molecule has 0 spiro atoms. The predicted octanol–water partition coefficient (Wildman–Crippen LogP) is 3.29. The Kier molecular flexibility index (Phi) is 4.94. The lowest BCUT2D eigenvalue weighted by Gasteiger charge is -2.16. The van der Waals surface area contributed by atoms with Gasteiger partial charge in [0.1, 0.15) is 5.75 Å². The molecular formula is C18H18O4. The highest BCUT2D eigenvalue weighted by molar-refractivity contribution is 6.10. The summed E-state index contributed by atoms with van der Waals surface area (Å²) < 4.78 is 4.83. The van der Waals surface area contributed by atoms with Crippen molar-refractivity contribution in [3.05, 3.63) is 65.2 Å². The Bertz CT molecular complexity index is 674. The molecule has 1 N–H and O–H groups in total. The van der Waals surface area contributed by atoms with Crippen LogP contribution < -0.4 is 0 Å². The highest BCUT2D eigenvalue weighted by Crippen LogP contribution is 2.26. The Morgan fingerprint density at radius 1 is 1.09 bits per heavy atom. The van der Waals surface area contributed by atoms with Crippen LogP contribution in [0.4, 0.5) is 0 Å². The summed E-state index contributed by atoms with van der Waals surface area (Å²) in [6, 6.07) is 13.1. The first-order valence-corrected chi connectivity index (χ1v) is 7.09. The highest BCUT2D eigenvalue weighted by atomic mass is 16.5. The quantitative estimate of drug-likeness (QED) is 0.679. The van der Waals surface area contributed by atoms with E-state index in [1.165, 1.54) is 19.2 Å². The smallest absolute Gasteiger partial charge is 0.313 e. The molecular weight excluding hydrogens is 280 g/mol. The molecule has 4 heteroatoms. The van der Waals surface area contributed by atoms with E-state index in [2.05, 4.69) is 0 Å². The summed E-state index contributed by atoms with van der Waals surface area (Å²) in [5.41, 5.74) is 1.60. The monoisotopic (exact) mass is 298 g/mol. The Morgan fingerprint density at radius 3 is 2.32 bits per heavy atom. The number of esters is 1. The summed E-state index contributed by atoms with van der Waals surface area (Å²) in [6.45, 7) is 1.88. The number of hydrogen-bond donors (Lipinski definition) is 1. The zero-order valence-electron chi connectivity index (χ0n) is 12.6. The van der Waals surface area contributed by atoms with E-state index in [9.17, 15) is 14.7 Å². The number of methoxy groups -OCH3 is 1. The summed E-state index contributed by atoms with van der Waals surface area (Å²) in [5, 5.41) is 9.32. The minimum atomic E-state index is -0.470. The van der Waals surface area contributed by atoms with E-state index >= 15 is 0 Å². The lowest BCUT2D eigenvalue weighted by atomic mass is 9.88. The van der Waals surface area contributed by atoms with Crippen LogP contribution in [0.25, 0.3) is 0 Å². The fourth-order valence-electron chi connectivity index (χ4n) is 2.43. The van der Waals surface area contributed by atoms with E-state index in [-0.39, 0.29) is 17.5 Å². The van der Waals surface area contributed by atoms with Crippen molar-refractivity contribution in [2.24, 2.45) is 0 Å². The molecule has 2 aromatic carbocycles. The molecule has 4 nitrogen and oxygen atoms in total. The van der Waals surface area contributed by atoms with Gasteiger partial charge in [-0.2, -0.15) is 0 Å². The molecule has 0 aliphatic carbocycles. The fourth-order valence-corrected chi connectivity index (χ4v) is 2.43. The first-order chi connectivity index (χ1) is 10.6. The molecule has 0 aliphatic rings. The number of carbonyl (C=O) groups is 2. The van der Waals surface area contributed by atoms with Crippen LogP contribution >= 0.6 is 0 Å². The van der Waals surface area contributed by atoms with E-state index in [4.69, 9.17) is 4.74 Å². The molecule has 22 heavy (non-hydrogen) atoms. The summed E-state index contributed by atoms with van der Waals surface area (Å²) in [6.07, 6.45) is 0.548. The van der Waals surface area contributed by atoms with Crippen LogP contribution in [0.2, 0.25) is 0 Å². The molecule has 0 radical (unpaired) electrons. The third-order valence-corrected chi connectivity index (χ3v) is 3.60. The number of ether oxygens (including phenoxy) is 1. The predicted molar refractivity (Wildman–Crippen MR) is 83.0 cm³/mol. The maximum absolute atomic E-state index is 12.7. The second kappa shape index (κ2) is 6.89. The van der Waals surface area contributed by atoms with Crippen LogP contribution in [0.1, 0.15) is 40.7 Å². The molecule has 1 atom stereocenters. The minimum absolute atomic E-state index is 0.103. The van der Waals surface area contributed by atoms with Crippen LogP contribution in [0.3, 0.4) is 0 Å². The lowest BCUT2D eigenvalue weighted by molar-refractivity contribution is -0.142. The Balaban J connectivity index is 2.45. The average molecular weight is 298 g/mol. The van der Waals surface area contributed by atoms with Gasteiger partial charge in [0.25, 0.3) is 0 Å². The van der Waals surface area contributed by atoms with Crippen LogP contribution in [0.15, 0.2) is 48.5 Å². The van der Waals surface area contributed by atoms with Gasteiger partial charge in [-0.1, -0.05) is 31.2 Å². The fraction of sp³-hybridized carbons (Fsp3) is 0.222. The van der Waals surface area contributed by atoms with Gasteiger partial charge in [0.2, 0.25) is 0 Å². The van der Waals surface area contributed by atoms with Gasteiger partial charge in [-0.15, -0.1) is 0 Å². The molecule has 2 rings (SSSR count). The molecule has 0 bridgehead atoms. The number of rotatable bonds is 5. The van der Waals surface area contributed by atoms with Gasteiger partial charge < -0.3 is 9.84 Å². The zero-order chi connectivity index (χ0) is 16.1. The van der Waals surface area contributed by atoms with Crippen LogP contribution in [0.5, 0.6) is 5.75 Å². The van der Waals surface area contributed by atoms with Crippen LogP contribution in [-0.4, -0.2) is 24.0 Å². The standard InChI is InChI=1S/C18H18O4/c1-3-14(18(21)22-2)15-6-4-5-7-16(15)17(20)12-8-10-13(19)11-9-12/h4-11,14,19H,3H2,1-2H3. The lowest BCUT2D eigenvalue weighted by Crippen LogP contribution is -2.17. The number of benzene rings is 2. The Morgan fingerprint density at radius 2 is 1.73 bits per heavy atom. The largest absolute Gasteiger partial charge is 0.508 e. The van der Waals surface area contributed by atoms with Gasteiger partial charge in [-0.3, -0.25) is 9.59 Å². The molecule has 0 heterocycles. The molecule has 0 aromatic heterocycles. The van der Waals surface area contributed by atoms with E-state index in [0.717, 1.165) is 0 Å². The Labute approximate surface area is 129 Å². The van der Waals surface area contributed by atoms with Crippen molar-refractivity contribution in [2.45, 2.75) is 19.3 Å². The van der Waals surface area contributed by atoms with E-state index in [1.807, 2.05) is 6.92 Å². The summed E-state index contributed by atoms with van der Waals surface area (Å²) in [4.78, 5) is 24.6. The van der Waals surface area contributed by atoms with E-state index in [1.54, 1.807) is 36.4 Å². The molecule has 1 unspecified atom stereocenters.